The van der Waals surface area contributed by atoms with E-state index >= 15 is 0 Å². The maximum atomic E-state index is 6.34. The van der Waals surface area contributed by atoms with Crippen LogP contribution in [0.25, 0.3) is 0 Å². The maximum Gasteiger partial charge on any atom is 0.179 e. The molecule has 18 heavy (non-hydrogen) atoms. The van der Waals surface area contributed by atoms with Gasteiger partial charge in [-0.15, -0.1) is 0 Å². The predicted octanol–water partition coefficient (Wildman–Crippen LogP) is 2.36. The summed E-state index contributed by atoms with van der Waals surface area (Å²) in [5.41, 5.74) is 6.72. The summed E-state index contributed by atoms with van der Waals surface area (Å²) < 4.78 is 10.5. The van der Waals surface area contributed by atoms with Crippen LogP contribution < -0.4 is 20.5 Å². The molecule has 0 aliphatic heterocycles. The second-order valence-electron chi connectivity index (χ2n) is 3.95. The van der Waals surface area contributed by atoms with Crippen molar-refractivity contribution in [2.75, 3.05) is 27.3 Å². The molecule has 0 aliphatic rings. The minimum Gasteiger partial charge on any atom is -0.493 e. The number of hydrogen-bond acceptors (Lipinski definition) is 4. The first-order chi connectivity index (χ1) is 8.69. The molecule has 0 fully saturated rings. The Hall–Kier alpha value is -0.970. The van der Waals surface area contributed by atoms with E-state index < -0.39 is 0 Å². The fourth-order valence-electron chi connectivity index (χ4n) is 1.81. The van der Waals surface area contributed by atoms with Crippen molar-refractivity contribution in [2.24, 2.45) is 5.73 Å². The summed E-state index contributed by atoms with van der Waals surface area (Å²) in [4.78, 5) is 0. The molecule has 0 aliphatic carbocycles. The van der Waals surface area contributed by atoms with Gasteiger partial charge in [0.15, 0.2) is 11.5 Å². The molecule has 0 saturated carbocycles. The van der Waals surface area contributed by atoms with Crippen LogP contribution in [0, 0.1) is 0 Å². The molecule has 0 bridgehead atoms. The third-order valence-corrected chi connectivity index (χ3v) is 3.16. The van der Waals surface area contributed by atoms with E-state index in [1.54, 1.807) is 14.2 Å². The van der Waals surface area contributed by atoms with E-state index in [1.807, 2.05) is 12.1 Å². The van der Waals surface area contributed by atoms with Gasteiger partial charge in [0.2, 0.25) is 0 Å². The van der Waals surface area contributed by atoms with E-state index in [0.717, 1.165) is 18.5 Å². The number of benzene rings is 1. The Kier molecular flexibility index (Phi) is 6.25. The molecule has 0 heterocycles. The van der Waals surface area contributed by atoms with Crippen molar-refractivity contribution in [3.8, 4) is 11.5 Å². The lowest BCUT2D eigenvalue weighted by Gasteiger charge is -2.20. The van der Waals surface area contributed by atoms with Crippen molar-refractivity contribution in [1.29, 1.82) is 0 Å². The maximum absolute atomic E-state index is 6.34. The number of hydrogen-bond donors (Lipinski definition) is 2. The second-order valence-corrected chi connectivity index (χ2v) is 4.32. The standard InChI is InChI=1S/C13H21ClN2O2/c1-4-7-16-10(8-15)9-5-6-11(17-2)13(18-3)12(9)14/h5-6,10,16H,4,7-8,15H2,1-3H3. The molecule has 4 nitrogen and oxygen atoms in total. The average molecular weight is 273 g/mol. The van der Waals surface area contributed by atoms with Gasteiger partial charge in [-0.1, -0.05) is 24.6 Å². The van der Waals surface area contributed by atoms with Crippen molar-refractivity contribution in [2.45, 2.75) is 19.4 Å². The number of halogens is 1. The summed E-state index contributed by atoms with van der Waals surface area (Å²) in [6.07, 6.45) is 1.04. The lowest BCUT2D eigenvalue weighted by atomic mass is 10.1. The lowest BCUT2D eigenvalue weighted by Crippen LogP contribution is -2.29. The number of nitrogens with two attached hydrogens (primary N) is 1. The molecule has 1 rings (SSSR count). The van der Waals surface area contributed by atoms with Crippen LogP contribution in [-0.4, -0.2) is 27.3 Å². The average Bonchev–Trinajstić information content (AvgIpc) is 2.40. The molecule has 0 aromatic heterocycles. The summed E-state index contributed by atoms with van der Waals surface area (Å²) in [5, 5.41) is 3.91. The molecule has 0 radical (unpaired) electrons. The van der Waals surface area contributed by atoms with Gasteiger partial charge < -0.3 is 20.5 Å². The summed E-state index contributed by atoms with van der Waals surface area (Å²) in [5.74, 6) is 1.17. The van der Waals surface area contributed by atoms with Crippen LogP contribution in [0.2, 0.25) is 5.02 Å². The third kappa shape index (κ3) is 3.28. The van der Waals surface area contributed by atoms with Gasteiger partial charge in [0.1, 0.15) is 0 Å². The van der Waals surface area contributed by atoms with Gasteiger partial charge in [0.25, 0.3) is 0 Å². The normalized spacial score (nSPS) is 12.3. The van der Waals surface area contributed by atoms with Crippen molar-refractivity contribution in [3.63, 3.8) is 0 Å². The molecule has 1 unspecified atom stereocenters. The number of methoxy groups -OCH3 is 2. The van der Waals surface area contributed by atoms with Gasteiger partial charge in [-0.2, -0.15) is 0 Å². The van der Waals surface area contributed by atoms with Crippen LogP contribution in [0.1, 0.15) is 24.9 Å². The number of ether oxygens (including phenoxy) is 2. The predicted molar refractivity (Wildman–Crippen MR) is 74.6 cm³/mol. The molecule has 0 saturated heterocycles. The van der Waals surface area contributed by atoms with Gasteiger partial charge in [0, 0.05) is 12.6 Å². The molecule has 0 amide bonds. The van der Waals surface area contributed by atoms with E-state index in [0.29, 0.717) is 23.1 Å². The monoisotopic (exact) mass is 272 g/mol. The van der Waals surface area contributed by atoms with Crippen molar-refractivity contribution in [3.05, 3.63) is 22.7 Å². The first-order valence-corrected chi connectivity index (χ1v) is 6.41. The molecule has 1 atom stereocenters. The summed E-state index contributed by atoms with van der Waals surface area (Å²) in [6.45, 7) is 3.48. The lowest BCUT2D eigenvalue weighted by molar-refractivity contribution is 0.354. The Morgan fingerprint density at radius 2 is 2.06 bits per heavy atom. The highest BCUT2D eigenvalue weighted by atomic mass is 35.5. The first kappa shape index (κ1) is 15.1. The van der Waals surface area contributed by atoms with E-state index in [4.69, 9.17) is 26.8 Å². The highest BCUT2D eigenvalue weighted by Crippen LogP contribution is 2.39. The van der Waals surface area contributed by atoms with Gasteiger partial charge in [0.05, 0.1) is 19.2 Å². The van der Waals surface area contributed by atoms with Gasteiger partial charge in [-0.25, -0.2) is 0 Å². The van der Waals surface area contributed by atoms with Crippen LogP contribution in [0.15, 0.2) is 12.1 Å². The van der Waals surface area contributed by atoms with Gasteiger partial charge >= 0.3 is 0 Å². The highest BCUT2D eigenvalue weighted by Gasteiger charge is 2.18. The largest absolute Gasteiger partial charge is 0.493 e. The molecule has 102 valence electrons. The molecular weight excluding hydrogens is 252 g/mol. The molecule has 1 aromatic carbocycles. The van der Waals surface area contributed by atoms with Crippen LogP contribution in [0.4, 0.5) is 0 Å². The Morgan fingerprint density at radius 3 is 2.56 bits per heavy atom. The minimum absolute atomic E-state index is 0.0252. The van der Waals surface area contributed by atoms with Crippen molar-refractivity contribution < 1.29 is 9.47 Å². The van der Waals surface area contributed by atoms with Crippen LogP contribution >= 0.6 is 11.6 Å². The molecule has 0 spiro atoms. The van der Waals surface area contributed by atoms with Crippen molar-refractivity contribution in [1.82, 2.24) is 5.32 Å². The molecule has 5 heteroatoms. The highest BCUT2D eigenvalue weighted by molar-refractivity contribution is 6.33. The fourth-order valence-corrected chi connectivity index (χ4v) is 2.18. The summed E-state index contributed by atoms with van der Waals surface area (Å²) in [7, 11) is 3.16. The van der Waals surface area contributed by atoms with Gasteiger partial charge in [-0.3, -0.25) is 0 Å². The Morgan fingerprint density at radius 1 is 1.33 bits per heavy atom. The summed E-state index contributed by atoms with van der Waals surface area (Å²) >= 11 is 6.34. The van der Waals surface area contributed by atoms with E-state index in [2.05, 4.69) is 12.2 Å². The summed E-state index contributed by atoms with van der Waals surface area (Å²) in [6, 6.07) is 3.79. The Labute approximate surface area is 113 Å². The smallest absolute Gasteiger partial charge is 0.179 e. The fraction of sp³-hybridized carbons (Fsp3) is 0.538. The molecule has 3 N–H and O–H groups in total. The van der Waals surface area contributed by atoms with Gasteiger partial charge in [-0.05, 0) is 24.6 Å². The van der Waals surface area contributed by atoms with Crippen LogP contribution in [0.5, 0.6) is 11.5 Å². The molecular formula is C13H21ClN2O2. The van der Waals surface area contributed by atoms with Crippen LogP contribution in [-0.2, 0) is 0 Å². The quantitative estimate of drug-likeness (QED) is 0.800. The zero-order valence-electron chi connectivity index (χ0n) is 11.1. The minimum atomic E-state index is 0.0252. The Bertz CT molecular complexity index is 385. The van der Waals surface area contributed by atoms with Crippen molar-refractivity contribution >= 4 is 11.6 Å². The Balaban J connectivity index is 3.07. The number of rotatable bonds is 7. The zero-order valence-corrected chi connectivity index (χ0v) is 11.9. The third-order valence-electron chi connectivity index (χ3n) is 2.77. The van der Waals surface area contributed by atoms with E-state index in [-0.39, 0.29) is 6.04 Å². The van der Waals surface area contributed by atoms with E-state index in [1.165, 1.54) is 0 Å². The van der Waals surface area contributed by atoms with Crippen LogP contribution in [0.3, 0.4) is 0 Å². The first-order valence-electron chi connectivity index (χ1n) is 6.03. The van der Waals surface area contributed by atoms with E-state index in [9.17, 15) is 0 Å². The zero-order chi connectivity index (χ0) is 13.5. The SMILES string of the molecule is CCCNC(CN)c1ccc(OC)c(OC)c1Cl. The number of nitrogens with one attached hydrogen (secondary N) is 1. The molecule has 1 aromatic rings. The second kappa shape index (κ2) is 7.46. The topological polar surface area (TPSA) is 56.5 Å².